The van der Waals surface area contributed by atoms with Gasteiger partial charge in [0.25, 0.3) is 0 Å². The minimum Gasteiger partial charge on any atom is -0.494 e. The molecular weight excluding hydrogens is 245 g/mol. The Morgan fingerprint density at radius 1 is 1.22 bits per heavy atom. The topological polar surface area (TPSA) is 26.3 Å². The molecule has 0 unspecified atom stereocenters. The van der Waals surface area contributed by atoms with Crippen LogP contribution in [0.4, 0.5) is 13.2 Å². The summed E-state index contributed by atoms with van der Waals surface area (Å²) in [5.74, 6) is 0.367. The summed E-state index contributed by atoms with van der Waals surface area (Å²) < 4.78 is 41.0. The van der Waals surface area contributed by atoms with Crippen molar-refractivity contribution >= 4 is 5.78 Å². The van der Waals surface area contributed by atoms with Crippen LogP contribution in [0, 0.1) is 0 Å². The fraction of sp³-hybridized carbons (Fsp3) is 0.462. The summed E-state index contributed by atoms with van der Waals surface area (Å²) in [6.07, 6.45) is -5.38. The first-order valence-electron chi connectivity index (χ1n) is 5.75. The quantitative estimate of drug-likeness (QED) is 0.722. The van der Waals surface area contributed by atoms with Crippen LogP contribution in [0.3, 0.4) is 0 Å². The number of carbonyl (C=O) groups is 1. The number of ketones is 1. The van der Waals surface area contributed by atoms with E-state index < -0.39 is 12.6 Å². The van der Waals surface area contributed by atoms with Crippen molar-refractivity contribution in [3.05, 3.63) is 29.8 Å². The minimum absolute atomic E-state index is 0.0898. The molecule has 0 aliphatic carbocycles. The van der Waals surface area contributed by atoms with E-state index >= 15 is 0 Å². The van der Waals surface area contributed by atoms with Gasteiger partial charge in [-0.15, -0.1) is 0 Å². The Morgan fingerprint density at radius 2 is 1.83 bits per heavy atom. The van der Waals surface area contributed by atoms with Gasteiger partial charge in [-0.25, -0.2) is 0 Å². The Bertz CT molecular complexity index is 382. The van der Waals surface area contributed by atoms with Crippen LogP contribution in [0.2, 0.25) is 0 Å². The van der Waals surface area contributed by atoms with Crippen molar-refractivity contribution in [1.29, 1.82) is 0 Å². The lowest BCUT2D eigenvalue weighted by atomic mass is 10.1. The molecule has 0 N–H and O–H groups in total. The van der Waals surface area contributed by atoms with Crippen LogP contribution < -0.4 is 4.74 Å². The highest BCUT2D eigenvalue weighted by molar-refractivity contribution is 5.96. The number of hydrogen-bond acceptors (Lipinski definition) is 2. The summed E-state index contributed by atoms with van der Waals surface area (Å²) in [6, 6.07) is 6.42. The van der Waals surface area contributed by atoms with Crippen molar-refractivity contribution in [3.63, 3.8) is 0 Å². The van der Waals surface area contributed by atoms with Gasteiger partial charge >= 0.3 is 6.18 Å². The fourth-order valence-electron chi connectivity index (χ4n) is 1.50. The van der Waals surface area contributed by atoms with E-state index in [0.29, 0.717) is 17.9 Å². The van der Waals surface area contributed by atoms with E-state index in [0.717, 1.165) is 0 Å². The summed E-state index contributed by atoms with van der Waals surface area (Å²) >= 11 is 0. The maximum atomic E-state index is 11.9. The zero-order valence-corrected chi connectivity index (χ0v) is 10.1. The van der Waals surface area contributed by atoms with E-state index in [1.807, 2.05) is 6.92 Å². The summed E-state index contributed by atoms with van der Waals surface area (Å²) in [5.41, 5.74) is 0.417. The van der Waals surface area contributed by atoms with Crippen molar-refractivity contribution in [1.82, 2.24) is 0 Å². The average Bonchev–Trinajstić information content (AvgIpc) is 2.28. The van der Waals surface area contributed by atoms with Crippen LogP contribution in [0.5, 0.6) is 5.75 Å². The molecule has 5 heteroatoms. The number of halogens is 3. The molecule has 0 amide bonds. The molecule has 1 rings (SSSR count). The Balaban J connectivity index is 2.46. The number of carbonyl (C=O) groups excluding carboxylic acids is 1. The first kappa shape index (κ1) is 14.5. The Labute approximate surface area is 104 Å². The van der Waals surface area contributed by atoms with Crippen LogP contribution >= 0.6 is 0 Å². The predicted molar refractivity (Wildman–Crippen MR) is 61.8 cm³/mol. The van der Waals surface area contributed by atoms with Gasteiger partial charge in [-0.05, 0) is 37.6 Å². The Hall–Kier alpha value is -1.52. The number of alkyl halides is 3. The lowest BCUT2D eigenvalue weighted by Gasteiger charge is -2.06. The van der Waals surface area contributed by atoms with Crippen molar-refractivity contribution in [2.45, 2.75) is 32.4 Å². The van der Waals surface area contributed by atoms with E-state index in [9.17, 15) is 18.0 Å². The number of benzene rings is 1. The SMILES string of the molecule is CCOc1ccc(C(=O)CCCC(F)(F)F)cc1. The van der Waals surface area contributed by atoms with Gasteiger partial charge in [0.2, 0.25) is 0 Å². The molecule has 0 atom stereocenters. The van der Waals surface area contributed by atoms with E-state index in [1.165, 1.54) is 0 Å². The third-order valence-electron chi connectivity index (χ3n) is 2.35. The number of Topliss-reactive ketones (excluding diaryl/α,β-unsaturated/α-hetero) is 1. The third kappa shape index (κ3) is 5.21. The van der Waals surface area contributed by atoms with Crippen LogP contribution in [-0.2, 0) is 0 Å². The first-order chi connectivity index (χ1) is 8.42. The van der Waals surface area contributed by atoms with Gasteiger partial charge in [-0.2, -0.15) is 13.2 Å². The number of rotatable bonds is 6. The molecule has 0 fully saturated rings. The van der Waals surface area contributed by atoms with E-state index in [2.05, 4.69) is 0 Å². The van der Waals surface area contributed by atoms with Gasteiger partial charge in [0.1, 0.15) is 5.75 Å². The van der Waals surface area contributed by atoms with Crippen molar-refractivity contribution < 1.29 is 22.7 Å². The average molecular weight is 260 g/mol. The molecular formula is C13H15F3O2. The lowest BCUT2D eigenvalue weighted by molar-refractivity contribution is -0.135. The predicted octanol–water partition coefficient (Wildman–Crippen LogP) is 4.00. The van der Waals surface area contributed by atoms with Crippen LogP contribution in [0.25, 0.3) is 0 Å². The molecule has 0 saturated heterocycles. The molecule has 18 heavy (non-hydrogen) atoms. The molecule has 0 aliphatic heterocycles. The second-order valence-electron chi connectivity index (χ2n) is 3.85. The minimum atomic E-state index is -4.20. The monoisotopic (exact) mass is 260 g/mol. The van der Waals surface area contributed by atoms with Gasteiger partial charge in [0.15, 0.2) is 5.78 Å². The highest BCUT2D eigenvalue weighted by Crippen LogP contribution is 2.23. The summed E-state index contributed by atoms with van der Waals surface area (Å²) in [4.78, 5) is 11.6. The zero-order chi connectivity index (χ0) is 13.6. The van der Waals surface area contributed by atoms with Gasteiger partial charge in [0, 0.05) is 18.4 Å². The normalized spacial score (nSPS) is 11.3. The van der Waals surface area contributed by atoms with Crippen LogP contribution in [0.1, 0.15) is 36.5 Å². The van der Waals surface area contributed by atoms with Crippen molar-refractivity contribution in [2.24, 2.45) is 0 Å². The fourth-order valence-corrected chi connectivity index (χ4v) is 1.50. The maximum Gasteiger partial charge on any atom is 0.389 e. The van der Waals surface area contributed by atoms with E-state index in [1.54, 1.807) is 24.3 Å². The molecule has 1 aromatic carbocycles. The largest absolute Gasteiger partial charge is 0.494 e. The van der Waals surface area contributed by atoms with Crippen molar-refractivity contribution in [2.75, 3.05) is 6.61 Å². The van der Waals surface area contributed by atoms with Crippen LogP contribution in [-0.4, -0.2) is 18.6 Å². The maximum absolute atomic E-state index is 11.9. The number of ether oxygens (including phenoxy) is 1. The second kappa shape index (κ2) is 6.42. The Kier molecular flexibility index (Phi) is 5.19. The molecule has 0 aliphatic rings. The van der Waals surface area contributed by atoms with E-state index in [4.69, 9.17) is 4.74 Å². The van der Waals surface area contributed by atoms with Gasteiger partial charge in [0.05, 0.1) is 6.61 Å². The number of hydrogen-bond donors (Lipinski definition) is 0. The highest BCUT2D eigenvalue weighted by atomic mass is 19.4. The molecule has 0 heterocycles. The molecule has 0 aromatic heterocycles. The van der Waals surface area contributed by atoms with E-state index in [-0.39, 0.29) is 18.6 Å². The third-order valence-corrected chi connectivity index (χ3v) is 2.35. The summed E-state index contributed by atoms with van der Waals surface area (Å²) in [7, 11) is 0. The standard InChI is InChI=1S/C13H15F3O2/c1-2-18-11-7-5-10(6-8-11)12(17)4-3-9-13(14,15)16/h5-8H,2-4,9H2,1H3. The summed E-state index contributed by atoms with van der Waals surface area (Å²) in [6.45, 7) is 2.37. The second-order valence-corrected chi connectivity index (χ2v) is 3.85. The molecule has 0 saturated carbocycles. The summed E-state index contributed by atoms with van der Waals surface area (Å²) in [5, 5.41) is 0. The Morgan fingerprint density at radius 3 is 2.33 bits per heavy atom. The first-order valence-corrected chi connectivity index (χ1v) is 5.75. The highest BCUT2D eigenvalue weighted by Gasteiger charge is 2.26. The van der Waals surface area contributed by atoms with Crippen LogP contribution in [0.15, 0.2) is 24.3 Å². The van der Waals surface area contributed by atoms with Gasteiger partial charge in [-0.1, -0.05) is 0 Å². The molecule has 2 nitrogen and oxygen atoms in total. The molecule has 100 valence electrons. The van der Waals surface area contributed by atoms with Gasteiger partial charge in [-0.3, -0.25) is 4.79 Å². The molecule has 1 aromatic rings. The lowest BCUT2D eigenvalue weighted by Crippen LogP contribution is -2.08. The molecule has 0 radical (unpaired) electrons. The smallest absolute Gasteiger partial charge is 0.389 e. The molecule has 0 bridgehead atoms. The zero-order valence-electron chi connectivity index (χ0n) is 10.1. The van der Waals surface area contributed by atoms with Crippen molar-refractivity contribution in [3.8, 4) is 5.75 Å². The molecule has 0 spiro atoms. The van der Waals surface area contributed by atoms with Gasteiger partial charge < -0.3 is 4.74 Å².